The number of hydrogen-bond donors (Lipinski definition) is 2. The minimum absolute atomic E-state index is 0.310. The number of amides is 1. The number of pyridine rings is 1. The molecule has 6 heteroatoms. The predicted molar refractivity (Wildman–Crippen MR) is 88.7 cm³/mol. The molecule has 0 aliphatic carbocycles. The Balaban J connectivity index is 2.06. The van der Waals surface area contributed by atoms with Gasteiger partial charge in [0.15, 0.2) is 0 Å². The SMILES string of the molecule is C=CCNc1ccc(C(=O)Nc2cccc(C(=O)OC)c2)cn1. The highest BCUT2D eigenvalue weighted by Crippen LogP contribution is 2.13. The van der Waals surface area contributed by atoms with E-state index in [0.29, 0.717) is 29.2 Å². The van der Waals surface area contributed by atoms with Gasteiger partial charge in [0.25, 0.3) is 5.91 Å². The first-order chi connectivity index (χ1) is 11.1. The van der Waals surface area contributed by atoms with E-state index in [1.54, 1.807) is 42.5 Å². The lowest BCUT2D eigenvalue weighted by Gasteiger charge is -2.07. The molecule has 0 fully saturated rings. The van der Waals surface area contributed by atoms with Gasteiger partial charge in [0, 0.05) is 18.4 Å². The zero-order valence-electron chi connectivity index (χ0n) is 12.7. The van der Waals surface area contributed by atoms with Gasteiger partial charge in [-0.3, -0.25) is 4.79 Å². The molecule has 0 radical (unpaired) electrons. The Morgan fingerprint density at radius 3 is 2.74 bits per heavy atom. The van der Waals surface area contributed by atoms with Crippen molar-refractivity contribution in [3.63, 3.8) is 0 Å². The standard InChI is InChI=1S/C17H17N3O3/c1-3-9-18-15-8-7-13(11-19-15)16(21)20-14-6-4-5-12(10-14)17(22)23-2/h3-8,10-11H,1,9H2,2H3,(H,18,19)(H,20,21). The van der Waals surface area contributed by atoms with Crippen LogP contribution in [0.25, 0.3) is 0 Å². The van der Waals surface area contributed by atoms with Crippen LogP contribution in [0.5, 0.6) is 0 Å². The number of nitrogens with zero attached hydrogens (tertiary/aromatic N) is 1. The second kappa shape index (κ2) is 7.74. The maximum atomic E-state index is 12.2. The van der Waals surface area contributed by atoms with E-state index in [-0.39, 0.29) is 5.91 Å². The molecule has 0 saturated heterocycles. The summed E-state index contributed by atoms with van der Waals surface area (Å²) >= 11 is 0. The first-order valence-electron chi connectivity index (χ1n) is 6.94. The number of carbonyl (C=O) groups is 2. The van der Waals surface area contributed by atoms with Crippen LogP contribution in [0, 0.1) is 0 Å². The van der Waals surface area contributed by atoms with Gasteiger partial charge in [0.2, 0.25) is 0 Å². The topological polar surface area (TPSA) is 80.3 Å². The van der Waals surface area contributed by atoms with Crippen LogP contribution >= 0.6 is 0 Å². The van der Waals surface area contributed by atoms with E-state index in [0.717, 1.165) is 0 Å². The minimum atomic E-state index is -0.458. The van der Waals surface area contributed by atoms with Crippen LogP contribution in [0.1, 0.15) is 20.7 Å². The number of esters is 1. The van der Waals surface area contributed by atoms with E-state index in [9.17, 15) is 9.59 Å². The highest BCUT2D eigenvalue weighted by molar-refractivity contribution is 6.04. The molecular weight excluding hydrogens is 294 g/mol. The number of hydrogen-bond acceptors (Lipinski definition) is 5. The molecule has 0 unspecified atom stereocenters. The van der Waals surface area contributed by atoms with Crippen LogP contribution in [0.2, 0.25) is 0 Å². The van der Waals surface area contributed by atoms with Crippen molar-refractivity contribution < 1.29 is 14.3 Å². The number of rotatable bonds is 6. The number of aromatic nitrogens is 1. The summed E-state index contributed by atoms with van der Waals surface area (Å²) < 4.78 is 4.65. The molecule has 1 amide bonds. The summed E-state index contributed by atoms with van der Waals surface area (Å²) in [5.74, 6) is -0.107. The van der Waals surface area contributed by atoms with Crippen molar-refractivity contribution >= 4 is 23.4 Å². The van der Waals surface area contributed by atoms with Gasteiger partial charge < -0.3 is 15.4 Å². The molecule has 0 bridgehead atoms. The van der Waals surface area contributed by atoms with Crippen LogP contribution < -0.4 is 10.6 Å². The van der Waals surface area contributed by atoms with E-state index in [4.69, 9.17) is 0 Å². The summed E-state index contributed by atoms with van der Waals surface area (Å²) in [6.45, 7) is 4.20. The molecule has 0 aliphatic rings. The lowest BCUT2D eigenvalue weighted by Crippen LogP contribution is -2.13. The summed E-state index contributed by atoms with van der Waals surface area (Å²) in [6, 6.07) is 9.90. The molecule has 1 heterocycles. The fraction of sp³-hybridized carbons (Fsp3) is 0.118. The number of anilines is 2. The molecule has 2 N–H and O–H groups in total. The average Bonchev–Trinajstić information content (AvgIpc) is 2.59. The third-order valence-electron chi connectivity index (χ3n) is 2.99. The van der Waals surface area contributed by atoms with E-state index < -0.39 is 5.97 Å². The molecule has 0 atom stereocenters. The lowest BCUT2D eigenvalue weighted by atomic mass is 10.2. The van der Waals surface area contributed by atoms with Gasteiger partial charge in [0.05, 0.1) is 18.2 Å². The van der Waals surface area contributed by atoms with Crippen molar-refractivity contribution in [2.24, 2.45) is 0 Å². The molecule has 0 spiro atoms. The third-order valence-corrected chi connectivity index (χ3v) is 2.99. The van der Waals surface area contributed by atoms with Gasteiger partial charge >= 0.3 is 5.97 Å². The van der Waals surface area contributed by atoms with Crippen molar-refractivity contribution in [1.29, 1.82) is 0 Å². The smallest absolute Gasteiger partial charge is 0.337 e. The Morgan fingerprint density at radius 2 is 2.09 bits per heavy atom. The molecule has 2 aromatic rings. The van der Waals surface area contributed by atoms with Crippen LogP contribution in [-0.4, -0.2) is 30.5 Å². The molecule has 2 rings (SSSR count). The molecular formula is C17H17N3O3. The second-order valence-corrected chi connectivity index (χ2v) is 4.63. The number of carbonyl (C=O) groups excluding carboxylic acids is 2. The Morgan fingerprint density at radius 1 is 1.26 bits per heavy atom. The Labute approximate surface area is 134 Å². The van der Waals surface area contributed by atoms with E-state index in [1.165, 1.54) is 13.3 Å². The van der Waals surface area contributed by atoms with Gasteiger partial charge in [-0.25, -0.2) is 9.78 Å². The fourth-order valence-electron chi connectivity index (χ4n) is 1.85. The van der Waals surface area contributed by atoms with Crippen molar-refractivity contribution in [2.75, 3.05) is 24.3 Å². The number of methoxy groups -OCH3 is 1. The largest absolute Gasteiger partial charge is 0.465 e. The quantitative estimate of drug-likeness (QED) is 0.633. The minimum Gasteiger partial charge on any atom is -0.465 e. The first-order valence-corrected chi connectivity index (χ1v) is 6.94. The number of benzene rings is 1. The van der Waals surface area contributed by atoms with E-state index in [2.05, 4.69) is 26.9 Å². The summed E-state index contributed by atoms with van der Waals surface area (Å²) in [7, 11) is 1.31. The van der Waals surface area contributed by atoms with Gasteiger partial charge in [-0.15, -0.1) is 6.58 Å². The number of ether oxygens (including phenoxy) is 1. The molecule has 1 aromatic heterocycles. The monoisotopic (exact) mass is 311 g/mol. The summed E-state index contributed by atoms with van der Waals surface area (Å²) in [4.78, 5) is 27.8. The third kappa shape index (κ3) is 4.41. The highest BCUT2D eigenvalue weighted by atomic mass is 16.5. The Kier molecular flexibility index (Phi) is 5.46. The number of nitrogens with one attached hydrogen (secondary N) is 2. The predicted octanol–water partition coefficient (Wildman–Crippen LogP) is 2.72. The molecule has 0 saturated carbocycles. The molecule has 1 aromatic carbocycles. The van der Waals surface area contributed by atoms with E-state index >= 15 is 0 Å². The van der Waals surface area contributed by atoms with Crippen molar-refractivity contribution in [2.45, 2.75) is 0 Å². The molecule has 6 nitrogen and oxygen atoms in total. The van der Waals surface area contributed by atoms with Crippen LogP contribution in [-0.2, 0) is 4.74 Å². The van der Waals surface area contributed by atoms with E-state index in [1.807, 2.05) is 0 Å². The van der Waals surface area contributed by atoms with Gasteiger partial charge in [-0.2, -0.15) is 0 Å². The van der Waals surface area contributed by atoms with Crippen LogP contribution in [0.4, 0.5) is 11.5 Å². The van der Waals surface area contributed by atoms with Gasteiger partial charge in [-0.1, -0.05) is 12.1 Å². The zero-order chi connectivity index (χ0) is 16.7. The van der Waals surface area contributed by atoms with Crippen molar-refractivity contribution in [3.05, 3.63) is 66.4 Å². The second-order valence-electron chi connectivity index (χ2n) is 4.63. The molecule has 118 valence electrons. The van der Waals surface area contributed by atoms with Crippen LogP contribution in [0.3, 0.4) is 0 Å². The maximum absolute atomic E-state index is 12.2. The lowest BCUT2D eigenvalue weighted by molar-refractivity contribution is 0.0600. The highest BCUT2D eigenvalue weighted by Gasteiger charge is 2.09. The molecule has 23 heavy (non-hydrogen) atoms. The first kappa shape index (κ1) is 16.2. The van der Waals surface area contributed by atoms with Gasteiger partial charge in [-0.05, 0) is 30.3 Å². The van der Waals surface area contributed by atoms with Gasteiger partial charge in [0.1, 0.15) is 5.82 Å². The maximum Gasteiger partial charge on any atom is 0.337 e. The summed E-state index contributed by atoms with van der Waals surface area (Å²) in [6.07, 6.45) is 3.20. The zero-order valence-corrected chi connectivity index (χ0v) is 12.7. The average molecular weight is 311 g/mol. The summed E-state index contributed by atoms with van der Waals surface area (Å²) in [5, 5.41) is 5.74. The van der Waals surface area contributed by atoms with Crippen molar-refractivity contribution in [3.8, 4) is 0 Å². The fourth-order valence-corrected chi connectivity index (χ4v) is 1.85. The van der Waals surface area contributed by atoms with Crippen molar-refractivity contribution in [1.82, 2.24) is 4.98 Å². The summed E-state index contributed by atoms with van der Waals surface area (Å²) in [5.41, 5.74) is 1.29. The molecule has 0 aliphatic heterocycles. The van der Waals surface area contributed by atoms with Crippen LogP contribution in [0.15, 0.2) is 55.3 Å². The normalized spacial score (nSPS) is 9.78. The Bertz CT molecular complexity index is 711. The Hall–Kier alpha value is -3.15.